The lowest BCUT2D eigenvalue weighted by Gasteiger charge is -2.22. The maximum Gasteiger partial charge on any atom is 0.262 e. The fourth-order valence-corrected chi connectivity index (χ4v) is 2.31. The van der Waals surface area contributed by atoms with Gasteiger partial charge in [-0.25, -0.2) is 0 Å². The van der Waals surface area contributed by atoms with Crippen LogP contribution in [0, 0.1) is 0 Å². The number of nitrogens with one attached hydrogen (secondary N) is 1. The zero-order valence-electron chi connectivity index (χ0n) is 14.6. The predicted molar refractivity (Wildman–Crippen MR) is 96.7 cm³/mol. The second-order valence-electron chi connectivity index (χ2n) is 6.54. The topological polar surface area (TPSA) is 73.6 Å². The summed E-state index contributed by atoms with van der Waals surface area (Å²) in [7, 11) is 1.56. The molecule has 2 aromatic carbocycles. The van der Waals surface area contributed by atoms with Gasteiger partial charge in [0.2, 0.25) is 0 Å². The second kappa shape index (κ2) is 7.25. The molecule has 0 aliphatic heterocycles. The normalized spacial score (nSPS) is 11.0. The molecule has 2 aromatic rings. The van der Waals surface area contributed by atoms with E-state index >= 15 is 0 Å². The molecule has 0 fully saturated rings. The summed E-state index contributed by atoms with van der Waals surface area (Å²) in [6.45, 7) is 6.22. The van der Waals surface area contributed by atoms with Gasteiger partial charge in [-0.05, 0) is 29.2 Å². The number of benzene rings is 2. The number of methoxy groups -OCH3 is 1. The van der Waals surface area contributed by atoms with Gasteiger partial charge in [0.25, 0.3) is 5.91 Å². The van der Waals surface area contributed by atoms with Crippen LogP contribution in [0.25, 0.3) is 0 Å². The fraction of sp³-hybridized carbons (Fsp3) is 0.316. The van der Waals surface area contributed by atoms with Gasteiger partial charge in [0.1, 0.15) is 11.5 Å². The summed E-state index contributed by atoms with van der Waals surface area (Å²) >= 11 is 0. The first-order valence-corrected chi connectivity index (χ1v) is 7.77. The van der Waals surface area contributed by atoms with Crippen molar-refractivity contribution >= 4 is 17.3 Å². The maximum atomic E-state index is 12.2. The molecule has 0 spiro atoms. The summed E-state index contributed by atoms with van der Waals surface area (Å²) in [5.41, 5.74) is 7.84. The van der Waals surface area contributed by atoms with E-state index in [0.29, 0.717) is 22.9 Å². The maximum absolute atomic E-state index is 12.2. The summed E-state index contributed by atoms with van der Waals surface area (Å²) in [6.07, 6.45) is 0. The van der Waals surface area contributed by atoms with Gasteiger partial charge in [0.05, 0.1) is 18.5 Å². The van der Waals surface area contributed by atoms with Gasteiger partial charge in [-0.2, -0.15) is 0 Å². The molecule has 0 aromatic heterocycles. The number of hydrogen-bond donors (Lipinski definition) is 2. The largest absolute Gasteiger partial charge is 0.497 e. The summed E-state index contributed by atoms with van der Waals surface area (Å²) in [6, 6.07) is 12.8. The van der Waals surface area contributed by atoms with Gasteiger partial charge in [0, 0.05) is 6.07 Å². The third-order valence-electron chi connectivity index (χ3n) is 3.59. The SMILES string of the molecule is COc1ccc(N)c(NC(=O)COc2ccccc2C(C)(C)C)c1. The van der Waals surface area contributed by atoms with E-state index in [0.717, 1.165) is 5.56 Å². The number of nitrogens with two attached hydrogens (primary N) is 1. The Hall–Kier alpha value is -2.69. The van der Waals surface area contributed by atoms with Crippen molar-refractivity contribution < 1.29 is 14.3 Å². The van der Waals surface area contributed by atoms with Gasteiger partial charge in [-0.1, -0.05) is 39.0 Å². The van der Waals surface area contributed by atoms with E-state index in [1.165, 1.54) is 0 Å². The van der Waals surface area contributed by atoms with Crippen molar-refractivity contribution in [3.05, 3.63) is 48.0 Å². The minimum absolute atomic E-state index is 0.0652. The van der Waals surface area contributed by atoms with Crippen molar-refractivity contribution in [3.8, 4) is 11.5 Å². The summed E-state index contributed by atoms with van der Waals surface area (Å²) < 4.78 is 10.8. The number of rotatable bonds is 5. The molecule has 0 saturated carbocycles. The molecule has 1 amide bonds. The summed E-state index contributed by atoms with van der Waals surface area (Å²) in [4.78, 5) is 12.2. The van der Waals surface area contributed by atoms with Gasteiger partial charge in [-0.15, -0.1) is 0 Å². The Bertz CT molecular complexity index is 721. The monoisotopic (exact) mass is 328 g/mol. The first-order valence-electron chi connectivity index (χ1n) is 7.77. The molecule has 3 N–H and O–H groups in total. The molecule has 5 nitrogen and oxygen atoms in total. The van der Waals surface area contributed by atoms with E-state index in [9.17, 15) is 4.79 Å². The van der Waals surface area contributed by atoms with Crippen LogP contribution >= 0.6 is 0 Å². The minimum Gasteiger partial charge on any atom is -0.497 e. The van der Waals surface area contributed by atoms with Gasteiger partial charge in [-0.3, -0.25) is 4.79 Å². The molecule has 0 radical (unpaired) electrons. The Morgan fingerprint density at radius 3 is 2.54 bits per heavy atom. The highest BCUT2D eigenvalue weighted by molar-refractivity contribution is 5.95. The van der Waals surface area contributed by atoms with Crippen LogP contribution in [0.3, 0.4) is 0 Å². The molecule has 0 unspecified atom stereocenters. The standard InChI is InChI=1S/C19H24N2O3/c1-19(2,3)14-7-5-6-8-17(14)24-12-18(22)21-16-11-13(23-4)9-10-15(16)20/h5-11H,12,20H2,1-4H3,(H,21,22). The van der Waals surface area contributed by atoms with E-state index in [4.69, 9.17) is 15.2 Å². The lowest BCUT2D eigenvalue weighted by molar-refractivity contribution is -0.118. The lowest BCUT2D eigenvalue weighted by Crippen LogP contribution is -2.22. The van der Waals surface area contributed by atoms with E-state index in [2.05, 4.69) is 26.1 Å². The Morgan fingerprint density at radius 2 is 1.88 bits per heavy atom. The van der Waals surface area contributed by atoms with Gasteiger partial charge in [0.15, 0.2) is 6.61 Å². The molecule has 2 rings (SSSR count). The quantitative estimate of drug-likeness (QED) is 0.823. The molecule has 0 aliphatic carbocycles. The number of carbonyl (C=O) groups is 1. The van der Waals surface area contributed by atoms with E-state index < -0.39 is 0 Å². The number of amides is 1. The van der Waals surface area contributed by atoms with Gasteiger partial charge >= 0.3 is 0 Å². The smallest absolute Gasteiger partial charge is 0.262 e. The number of ether oxygens (including phenoxy) is 2. The molecule has 0 heterocycles. The van der Waals surface area contributed by atoms with Crippen molar-refractivity contribution in [2.24, 2.45) is 0 Å². The van der Waals surface area contributed by atoms with Crippen molar-refractivity contribution in [1.82, 2.24) is 0 Å². The van der Waals surface area contributed by atoms with Crippen LogP contribution in [0.2, 0.25) is 0 Å². The zero-order valence-corrected chi connectivity index (χ0v) is 14.6. The first kappa shape index (κ1) is 17.7. The predicted octanol–water partition coefficient (Wildman–Crippen LogP) is 3.59. The van der Waals surface area contributed by atoms with E-state index in [1.54, 1.807) is 25.3 Å². The Balaban J connectivity index is 2.05. The third-order valence-corrected chi connectivity index (χ3v) is 3.59. The van der Waals surface area contributed by atoms with Crippen LogP contribution in [0.1, 0.15) is 26.3 Å². The number of nitrogen functional groups attached to an aromatic ring is 1. The first-order chi connectivity index (χ1) is 11.3. The zero-order chi connectivity index (χ0) is 17.7. The van der Waals surface area contributed by atoms with Crippen LogP contribution in [0.4, 0.5) is 11.4 Å². The number of anilines is 2. The fourth-order valence-electron chi connectivity index (χ4n) is 2.31. The molecule has 5 heteroatoms. The van der Waals surface area contributed by atoms with E-state index in [1.807, 2.05) is 24.3 Å². The average Bonchev–Trinajstić information content (AvgIpc) is 2.54. The van der Waals surface area contributed by atoms with Crippen LogP contribution < -0.4 is 20.5 Å². The highest BCUT2D eigenvalue weighted by atomic mass is 16.5. The van der Waals surface area contributed by atoms with Crippen molar-refractivity contribution in [1.29, 1.82) is 0 Å². The van der Waals surface area contributed by atoms with Crippen LogP contribution in [-0.2, 0) is 10.2 Å². The molecule has 0 aliphatic rings. The molecule has 128 valence electrons. The molecular weight excluding hydrogens is 304 g/mol. The third kappa shape index (κ3) is 4.41. The Kier molecular flexibility index (Phi) is 5.34. The van der Waals surface area contributed by atoms with Crippen LogP contribution in [0.5, 0.6) is 11.5 Å². The Labute approximate surface area is 142 Å². The average molecular weight is 328 g/mol. The molecule has 0 bridgehead atoms. The highest BCUT2D eigenvalue weighted by Gasteiger charge is 2.19. The van der Waals surface area contributed by atoms with Crippen molar-refractivity contribution in [3.63, 3.8) is 0 Å². The Morgan fingerprint density at radius 1 is 1.17 bits per heavy atom. The molecule has 0 atom stereocenters. The highest BCUT2D eigenvalue weighted by Crippen LogP contribution is 2.31. The summed E-state index contributed by atoms with van der Waals surface area (Å²) in [5.74, 6) is 1.05. The van der Waals surface area contributed by atoms with Crippen LogP contribution in [0.15, 0.2) is 42.5 Å². The number of carbonyl (C=O) groups excluding carboxylic acids is 1. The molecule has 24 heavy (non-hydrogen) atoms. The number of hydrogen-bond acceptors (Lipinski definition) is 4. The molecule has 0 saturated heterocycles. The molecular formula is C19H24N2O3. The minimum atomic E-state index is -0.279. The second-order valence-corrected chi connectivity index (χ2v) is 6.54. The van der Waals surface area contributed by atoms with Crippen molar-refractivity contribution in [2.45, 2.75) is 26.2 Å². The van der Waals surface area contributed by atoms with Crippen LogP contribution in [-0.4, -0.2) is 19.6 Å². The van der Waals surface area contributed by atoms with Crippen molar-refractivity contribution in [2.75, 3.05) is 24.8 Å². The van der Waals surface area contributed by atoms with Gasteiger partial charge < -0.3 is 20.5 Å². The lowest BCUT2D eigenvalue weighted by atomic mass is 9.86. The van der Waals surface area contributed by atoms with E-state index in [-0.39, 0.29) is 17.9 Å². The summed E-state index contributed by atoms with van der Waals surface area (Å²) in [5, 5.41) is 2.74. The number of para-hydroxylation sites is 1.